The third-order valence-electron chi connectivity index (χ3n) is 5.39. The summed E-state index contributed by atoms with van der Waals surface area (Å²) in [7, 11) is 11.9. The Morgan fingerprint density at radius 3 is 1.83 bits per heavy atom. The van der Waals surface area contributed by atoms with Crippen LogP contribution in [0.2, 0.25) is 0 Å². The molecular formula is C25H8B3F7N. The highest BCUT2D eigenvalue weighted by Crippen LogP contribution is 2.27. The van der Waals surface area contributed by atoms with Crippen LogP contribution in [0.3, 0.4) is 0 Å². The molecule has 5 radical (unpaired) electrons. The van der Waals surface area contributed by atoms with E-state index in [1.54, 1.807) is 0 Å². The summed E-state index contributed by atoms with van der Waals surface area (Å²) in [5.41, 5.74) is -4.23. The lowest BCUT2D eigenvalue weighted by atomic mass is 9.63. The summed E-state index contributed by atoms with van der Waals surface area (Å²) in [6.07, 6.45) is 0. The van der Waals surface area contributed by atoms with Crippen molar-refractivity contribution in [1.29, 1.82) is 5.26 Å². The molecule has 0 bridgehead atoms. The number of rotatable bonds is 4. The summed E-state index contributed by atoms with van der Waals surface area (Å²) in [6.45, 7) is 0. The van der Waals surface area contributed by atoms with Crippen LogP contribution in [0.15, 0.2) is 48.5 Å². The van der Waals surface area contributed by atoms with Crippen molar-refractivity contribution in [3.05, 3.63) is 94.8 Å². The van der Waals surface area contributed by atoms with Crippen molar-refractivity contribution in [3.63, 3.8) is 0 Å². The number of hydrogen-bond donors (Lipinski definition) is 0. The van der Waals surface area contributed by atoms with Gasteiger partial charge in [0.2, 0.25) is 0 Å². The van der Waals surface area contributed by atoms with Crippen LogP contribution in [0.25, 0.3) is 22.3 Å². The van der Waals surface area contributed by atoms with Crippen LogP contribution < -0.4 is 21.9 Å². The van der Waals surface area contributed by atoms with Crippen molar-refractivity contribution in [3.8, 4) is 28.3 Å². The fourth-order valence-corrected chi connectivity index (χ4v) is 3.70. The van der Waals surface area contributed by atoms with Crippen LogP contribution in [0.4, 0.5) is 30.7 Å². The first-order valence-electron chi connectivity index (χ1n) is 10.1. The van der Waals surface area contributed by atoms with E-state index in [0.717, 1.165) is 31.5 Å². The van der Waals surface area contributed by atoms with Gasteiger partial charge in [0.25, 0.3) is 0 Å². The van der Waals surface area contributed by atoms with Crippen molar-refractivity contribution < 1.29 is 30.7 Å². The van der Waals surface area contributed by atoms with Gasteiger partial charge in [0.1, 0.15) is 68.0 Å². The van der Waals surface area contributed by atoms with Gasteiger partial charge >= 0.3 is 0 Å². The molecule has 171 valence electrons. The number of benzene rings is 4. The van der Waals surface area contributed by atoms with Gasteiger partial charge < -0.3 is 0 Å². The molecule has 1 nitrogen and oxygen atoms in total. The van der Waals surface area contributed by atoms with E-state index in [2.05, 4.69) is 0 Å². The Morgan fingerprint density at radius 2 is 1.28 bits per heavy atom. The van der Waals surface area contributed by atoms with Crippen LogP contribution in [0, 0.1) is 52.1 Å². The molecule has 0 saturated carbocycles. The van der Waals surface area contributed by atoms with E-state index in [4.69, 9.17) is 21.0 Å². The Bertz CT molecular complexity index is 1540. The minimum Gasteiger partial charge on any atom is -0.207 e. The number of hydrogen-bond acceptors (Lipinski definition) is 1. The van der Waals surface area contributed by atoms with Crippen molar-refractivity contribution >= 4 is 44.8 Å². The van der Waals surface area contributed by atoms with Gasteiger partial charge in [0.05, 0.1) is 5.56 Å². The first-order chi connectivity index (χ1) is 17.0. The van der Waals surface area contributed by atoms with E-state index in [-0.39, 0.29) is 22.1 Å². The van der Waals surface area contributed by atoms with Crippen molar-refractivity contribution in [1.82, 2.24) is 0 Å². The Labute approximate surface area is 204 Å². The largest absolute Gasteiger partial charge is 0.207 e. The number of nitriles is 1. The third-order valence-corrected chi connectivity index (χ3v) is 5.39. The molecule has 11 heteroatoms. The lowest BCUT2D eigenvalue weighted by Gasteiger charge is -2.13. The first kappa shape index (κ1) is 25.2. The molecule has 0 aliphatic carbocycles. The van der Waals surface area contributed by atoms with Crippen LogP contribution in [0.5, 0.6) is 0 Å². The Morgan fingerprint density at radius 1 is 0.667 bits per heavy atom. The monoisotopic (exact) mass is 488 g/mol. The summed E-state index contributed by atoms with van der Waals surface area (Å²) in [5.74, 6) is -8.22. The fraction of sp³-hybridized carbons (Fsp3) is 0. The molecule has 0 aromatic heterocycles. The summed E-state index contributed by atoms with van der Waals surface area (Å²) in [4.78, 5) is 0. The second-order valence-electron chi connectivity index (χ2n) is 7.72. The molecule has 4 rings (SSSR count). The first-order valence-corrected chi connectivity index (χ1v) is 10.1. The summed E-state index contributed by atoms with van der Waals surface area (Å²) in [5, 5.41) is 8.81. The van der Waals surface area contributed by atoms with Gasteiger partial charge in [-0.3, -0.25) is 0 Å². The Balaban J connectivity index is 1.69. The van der Waals surface area contributed by atoms with Gasteiger partial charge in [0, 0.05) is 5.56 Å². The van der Waals surface area contributed by atoms with E-state index in [1.807, 2.05) is 0 Å². The number of halogens is 7. The molecule has 0 N–H and O–H groups in total. The van der Waals surface area contributed by atoms with Crippen molar-refractivity contribution in [2.75, 3.05) is 0 Å². The molecule has 4 aromatic rings. The van der Waals surface area contributed by atoms with Crippen LogP contribution in [0.1, 0.15) is 5.56 Å². The van der Waals surface area contributed by atoms with E-state index in [0.29, 0.717) is 18.2 Å². The second kappa shape index (κ2) is 9.61. The quantitative estimate of drug-likeness (QED) is 0.321. The minimum absolute atomic E-state index is 0.0418. The van der Waals surface area contributed by atoms with Gasteiger partial charge in [-0.1, -0.05) is 28.5 Å². The lowest BCUT2D eigenvalue weighted by Crippen LogP contribution is -2.32. The zero-order chi connectivity index (χ0) is 26.3. The maximum absolute atomic E-state index is 14.8. The third kappa shape index (κ3) is 4.51. The molecular weight excluding hydrogens is 480 g/mol. The van der Waals surface area contributed by atoms with Crippen LogP contribution >= 0.6 is 0 Å². The molecule has 0 heterocycles. The van der Waals surface area contributed by atoms with Gasteiger partial charge in [-0.2, -0.15) is 5.26 Å². The molecule has 0 atom stereocenters. The SMILES string of the molecule is [B]c1cc(F)c(-c2cc(F)c([B]c3ccc(-c4cc(F)c(C#N)c(F)c4[B])c(F)c3)c(F)c2)c(F)c1. The maximum Gasteiger partial charge on any atom is 0.199 e. The predicted molar refractivity (Wildman–Crippen MR) is 124 cm³/mol. The fourth-order valence-electron chi connectivity index (χ4n) is 3.70. The average molecular weight is 488 g/mol. The van der Waals surface area contributed by atoms with E-state index in [1.165, 1.54) is 12.1 Å². The molecule has 0 saturated heterocycles. The lowest BCUT2D eigenvalue weighted by molar-refractivity contribution is 0.581. The van der Waals surface area contributed by atoms with Crippen LogP contribution in [-0.2, 0) is 0 Å². The highest BCUT2D eigenvalue weighted by atomic mass is 19.2. The molecule has 36 heavy (non-hydrogen) atoms. The Hall–Kier alpha value is -3.93. The highest BCUT2D eigenvalue weighted by Gasteiger charge is 2.21. The maximum atomic E-state index is 14.8. The average Bonchev–Trinajstić information content (AvgIpc) is 2.79. The molecule has 0 aliphatic rings. The number of nitrogens with zero attached hydrogens (tertiary/aromatic N) is 1. The van der Waals surface area contributed by atoms with E-state index in [9.17, 15) is 30.7 Å². The van der Waals surface area contributed by atoms with Crippen LogP contribution in [-0.4, -0.2) is 23.0 Å². The highest BCUT2D eigenvalue weighted by molar-refractivity contribution is 6.67. The van der Waals surface area contributed by atoms with Gasteiger partial charge in [0.15, 0.2) is 7.28 Å². The van der Waals surface area contributed by atoms with Crippen molar-refractivity contribution in [2.45, 2.75) is 0 Å². The molecule has 0 spiro atoms. The van der Waals surface area contributed by atoms with E-state index < -0.39 is 68.3 Å². The Kier molecular flexibility index (Phi) is 6.72. The van der Waals surface area contributed by atoms with Gasteiger partial charge in [-0.15, -0.1) is 0 Å². The summed E-state index contributed by atoms with van der Waals surface area (Å²) >= 11 is 0. The molecule has 0 fully saturated rings. The predicted octanol–water partition coefficient (Wildman–Crippen LogP) is 3.11. The standard InChI is InChI=1S/C25H8B3F7N/c26-11-5-18(31)22(19(32)6-11)10-3-20(33)24(21(34)4-10)28-12-1-2-13(16(29)7-12)14-8-17(30)15(9-36)25(35)23(14)27/h1-8H. The van der Waals surface area contributed by atoms with Gasteiger partial charge in [-0.25, -0.2) is 30.7 Å². The van der Waals surface area contributed by atoms with Gasteiger partial charge in [-0.05, 0) is 53.0 Å². The summed E-state index contributed by atoms with van der Waals surface area (Å²) in [6, 6.07) is 8.18. The molecule has 0 amide bonds. The summed E-state index contributed by atoms with van der Waals surface area (Å²) < 4.78 is 101. The van der Waals surface area contributed by atoms with E-state index >= 15 is 0 Å². The smallest absolute Gasteiger partial charge is 0.199 e. The minimum atomic E-state index is -1.35. The molecule has 4 aromatic carbocycles. The van der Waals surface area contributed by atoms with Crippen molar-refractivity contribution in [2.24, 2.45) is 0 Å². The zero-order valence-electron chi connectivity index (χ0n) is 17.9. The molecule has 0 unspecified atom stereocenters. The zero-order valence-corrected chi connectivity index (χ0v) is 17.9. The normalized spacial score (nSPS) is 10.8. The second-order valence-corrected chi connectivity index (χ2v) is 7.72. The molecule has 0 aliphatic heterocycles. The topological polar surface area (TPSA) is 23.8 Å².